The van der Waals surface area contributed by atoms with Crippen molar-refractivity contribution in [2.75, 3.05) is 13.1 Å². The molecule has 0 bridgehead atoms. The van der Waals surface area contributed by atoms with Gasteiger partial charge in [0, 0.05) is 25.2 Å². The summed E-state index contributed by atoms with van der Waals surface area (Å²) >= 11 is 0. The number of nitrogens with two attached hydrogens (primary N) is 1. The van der Waals surface area contributed by atoms with E-state index in [0.717, 1.165) is 18.5 Å². The lowest BCUT2D eigenvalue weighted by atomic mass is 9.83. The highest BCUT2D eigenvalue weighted by molar-refractivity contribution is 4.86. The topological polar surface area (TPSA) is 29.3 Å². The van der Waals surface area contributed by atoms with Crippen molar-refractivity contribution in [3.63, 3.8) is 0 Å². The zero-order chi connectivity index (χ0) is 9.97. The minimum atomic E-state index is 0.680. The van der Waals surface area contributed by atoms with E-state index in [9.17, 15) is 0 Å². The van der Waals surface area contributed by atoms with Crippen LogP contribution in [0.3, 0.4) is 0 Å². The molecule has 1 saturated carbocycles. The molecule has 1 heterocycles. The lowest BCUT2D eigenvalue weighted by Crippen LogP contribution is -2.51. The Hall–Kier alpha value is -0.0800. The van der Waals surface area contributed by atoms with E-state index < -0.39 is 0 Å². The fraction of sp³-hybridized carbons (Fsp3) is 1.00. The fourth-order valence-corrected chi connectivity index (χ4v) is 2.90. The molecule has 1 aliphatic heterocycles. The van der Waals surface area contributed by atoms with Gasteiger partial charge in [-0.05, 0) is 38.5 Å². The second-order valence-electron chi connectivity index (χ2n) is 5.16. The van der Waals surface area contributed by atoms with Crippen LogP contribution in [0.15, 0.2) is 0 Å². The average molecular weight is 196 g/mol. The summed E-state index contributed by atoms with van der Waals surface area (Å²) in [5, 5.41) is 0. The molecule has 2 rings (SSSR count). The molecule has 0 aromatic carbocycles. The third kappa shape index (κ3) is 2.12. The van der Waals surface area contributed by atoms with Crippen molar-refractivity contribution in [3.05, 3.63) is 0 Å². The van der Waals surface area contributed by atoms with Gasteiger partial charge in [-0.15, -0.1) is 0 Å². The highest BCUT2D eigenvalue weighted by Gasteiger charge is 2.30. The summed E-state index contributed by atoms with van der Waals surface area (Å²) in [5.74, 6) is 0.990. The van der Waals surface area contributed by atoms with E-state index in [1.807, 2.05) is 0 Å². The van der Waals surface area contributed by atoms with E-state index in [1.54, 1.807) is 0 Å². The summed E-state index contributed by atoms with van der Waals surface area (Å²) in [5.41, 5.74) is 5.85. The number of nitrogens with zero attached hydrogens (tertiary/aromatic N) is 1. The Morgan fingerprint density at radius 1 is 1.14 bits per heavy atom. The van der Waals surface area contributed by atoms with Gasteiger partial charge in [0.1, 0.15) is 0 Å². The van der Waals surface area contributed by atoms with Crippen molar-refractivity contribution in [2.45, 2.75) is 57.5 Å². The largest absolute Gasteiger partial charge is 0.329 e. The normalized spacial score (nSPS) is 35.6. The third-order valence-corrected chi connectivity index (χ3v) is 4.16. The molecule has 2 heteroatoms. The number of hydrogen-bond acceptors (Lipinski definition) is 2. The number of likely N-dealkylation sites (tertiary alicyclic amines) is 1. The van der Waals surface area contributed by atoms with Crippen LogP contribution in [0.5, 0.6) is 0 Å². The lowest BCUT2D eigenvalue weighted by molar-refractivity contribution is 0.0612. The van der Waals surface area contributed by atoms with Crippen LogP contribution in [0.2, 0.25) is 0 Å². The summed E-state index contributed by atoms with van der Waals surface area (Å²) in [4.78, 5) is 2.69. The second kappa shape index (κ2) is 4.63. The molecule has 2 aliphatic rings. The highest BCUT2D eigenvalue weighted by Crippen LogP contribution is 2.31. The van der Waals surface area contributed by atoms with E-state index in [4.69, 9.17) is 5.73 Å². The van der Waals surface area contributed by atoms with Gasteiger partial charge in [-0.3, -0.25) is 4.90 Å². The second-order valence-corrected chi connectivity index (χ2v) is 5.16. The first-order valence-corrected chi connectivity index (χ1v) is 6.27. The summed E-state index contributed by atoms with van der Waals surface area (Å²) in [6, 6.07) is 1.46. The predicted molar refractivity (Wildman–Crippen MR) is 60.2 cm³/mol. The number of rotatable bonds is 3. The van der Waals surface area contributed by atoms with Crippen molar-refractivity contribution in [3.8, 4) is 0 Å². The van der Waals surface area contributed by atoms with Gasteiger partial charge in [0.2, 0.25) is 0 Å². The minimum Gasteiger partial charge on any atom is -0.329 e. The van der Waals surface area contributed by atoms with E-state index in [2.05, 4.69) is 11.8 Å². The van der Waals surface area contributed by atoms with Gasteiger partial charge in [-0.25, -0.2) is 0 Å². The Balaban J connectivity index is 1.88. The number of hydrogen-bond donors (Lipinski definition) is 1. The number of piperidine rings is 1. The van der Waals surface area contributed by atoms with Gasteiger partial charge in [0.25, 0.3) is 0 Å². The Labute approximate surface area is 87.8 Å². The van der Waals surface area contributed by atoms with Crippen LogP contribution in [-0.2, 0) is 0 Å². The van der Waals surface area contributed by atoms with Crippen LogP contribution in [0.4, 0.5) is 0 Å². The summed E-state index contributed by atoms with van der Waals surface area (Å²) in [6.07, 6.45) is 8.46. The summed E-state index contributed by atoms with van der Waals surface area (Å²) in [6.45, 7) is 4.56. The predicted octanol–water partition coefficient (Wildman–Crippen LogP) is 1.99. The van der Waals surface area contributed by atoms with Crippen molar-refractivity contribution >= 4 is 0 Å². The molecular weight excluding hydrogens is 172 g/mol. The first-order valence-electron chi connectivity index (χ1n) is 6.27. The molecule has 2 N–H and O–H groups in total. The van der Waals surface area contributed by atoms with Crippen LogP contribution < -0.4 is 5.73 Å². The summed E-state index contributed by atoms with van der Waals surface area (Å²) in [7, 11) is 0. The molecule has 0 amide bonds. The average Bonchev–Trinajstić information content (AvgIpc) is 2.12. The van der Waals surface area contributed by atoms with E-state index >= 15 is 0 Å². The molecule has 14 heavy (non-hydrogen) atoms. The molecule has 82 valence electrons. The molecule has 1 saturated heterocycles. The van der Waals surface area contributed by atoms with Crippen LogP contribution in [0.25, 0.3) is 0 Å². The molecule has 0 spiro atoms. The molecule has 0 radical (unpaired) electrons. The molecule has 0 aromatic rings. The van der Waals surface area contributed by atoms with Crippen molar-refractivity contribution in [2.24, 2.45) is 11.7 Å². The van der Waals surface area contributed by atoms with E-state index in [-0.39, 0.29) is 0 Å². The van der Waals surface area contributed by atoms with Gasteiger partial charge < -0.3 is 5.73 Å². The van der Waals surface area contributed by atoms with Gasteiger partial charge in [-0.2, -0.15) is 0 Å². The first-order chi connectivity index (χ1) is 6.81. The maximum absolute atomic E-state index is 5.85. The van der Waals surface area contributed by atoms with Crippen molar-refractivity contribution < 1.29 is 0 Å². The van der Waals surface area contributed by atoms with Crippen LogP contribution in [0.1, 0.15) is 45.4 Å². The Morgan fingerprint density at radius 3 is 2.43 bits per heavy atom. The van der Waals surface area contributed by atoms with E-state index in [0.29, 0.717) is 6.04 Å². The van der Waals surface area contributed by atoms with E-state index in [1.165, 1.54) is 45.1 Å². The molecule has 0 aromatic heterocycles. The monoisotopic (exact) mass is 196 g/mol. The minimum absolute atomic E-state index is 0.680. The molecule has 2 fully saturated rings. The van der Waals surface area contributed by atoms with Gasteiger partial charge >= 0.3 is 0 Å². The van der Waals surface area contributed by atoms with Crippen molar-refractivity contribution in [1.82, 2.24) is 4.90 Å². The van der Waals surface area contributed by atoms with Crippen LogP contribution in [-0.4, -0.2) is 30.1 Å². The van der Waals surface area contributed by atoms with Crippen molar-refractivity contribution in [1.29, 1.82) is 0 Å². The molecule has 2 atom stereocenters. The molecule has 2 nitrogen and oxygen atoms in total. The quantitative estimate of drug-likeness (QED) is 0.748. The van der Waals surface area contributed by atoms with Gasteiger partial charge in [0.15, 0.2) is 0 Å². The third-order valence-electron chi connectivity index (χ3n) is 4.16. The Kier molecular flexibility index (Phi) is 3.45. The molecule has 1 aliphatic carbocycles. The highest BCUT2D eigenvalue weighted by atomic mass is 15.2. The van der Waals surface area contributed by atoms with Crippen LogP contribution in [0, 0.1) is 5.92 Å². The Morgan fingerprint density at radius 2 is 1.86 bits per heavy atom. The smallest absolute Gasteiger partial charge is 0.0221 e. The fourth-order valence-electron chi connectivity index (χ4n) is 2.90. The maximum Gasteiger partial charge on any atom is 0.0221 e. The molecular formula is C12H24N2. The standard InChI is InChI=1S/C12H24N2/c1-10-4-2-7-12(8-13)14(10)9-11-5-3-6-11/h10-12H,2-9,13H2,1H3. The maximum atomic E-state index is 5.85. The molecule has 2 unspecified atom stereocenters. The van der Waals surface area contributed by atoms with Gasteiger partial charge in [0.05, 0.1) is 0 Å². The summed E-state index contributed by atoms with van der Waals surface area (Å²) < 4.78 is 0. The first kappa shape index (κ1) is 10.4. The SMILES string of the molecule is CC1CCCC(CN)N1CC1CCC1. The Bertz CT molecular complexity index is 177. The zero-order valence-electron chi connectivity index (χ0n) is 9.41. The van der Waals surface area contributed by atoms with Gasteiger partial charge in [-0.1, -0.05) is 12.8 Å². The lowest BCUT2D eigenvalue weighted by Gasteiger charge is -2.43. The zero-order valence-corrected chi connectivity index (χ0v) is 9.41. The van der Waals surface area contributed by atoms with Crippen LogP contribution >= 0.6 is 0 Å².